The van der Waals surface area contributed by atoms with Crippen molar-refractivity contribution in [1.82, 2.24) is 4.72 Å². The summed E-state index contributed by atoms with van der Waals surface area (Å²) in [5.41, 5.74) is 6.44. The first-order chi connectivity index (χ1) is 8.94. The van der Waals surface area contributed by atoms with Crippen LogP contribution in [0.5, 0.6) is 0 Å². The van der Waals surface area contributed by atoms with E-state index in [1.165, 1.54) is 0 Å². The van der Waals surface area contributed by atoms with Crippen LogP contribution in [0, 0.1) is 12.8 Å². The monoisotopic (exact) mass is 346 g/mol. The predicted molar refractivity (Wildman–Crippen MR) is 79.4 cm³/mol. The summed E-state index contributed by atoms with van der Waals surface area (Å²) in [4.78, 5) is 0.338. The van der Waals surface area contributed by atoms with Gasteiger partial charge in [-0.1, -0.05) is 28.4 Å². The molecular formula is C13H19BrN2O2S. The van der Waals surface area contributed by atoms with Crippen molar-refractivity contribution in [2.75, 3.05) is 6.54 Å². The fourth-order valence-corrected chi connectivity index (χ4v) is 4.72. The molecule has 0 saturated heterocycles. The maximum atomic E-state index is 12.4. The van der Waals surface area contributed by atoms with Crippen LogP contribution in [-0.4, -0.2) is 21.0 Å². The van der Waals surface area contributed by atoms with E-state index in [4.69, 9.17) is 5.73 Å². The average molecular weight is 347 g/mol. The Morgan fingerprint density at radius 1 is 1.42 bits per heavy atom. The van der Waals surface area contributed by atoms with Gasteiger partial charge in [-0.25, -0.2) is 13.1 Å². The van der Waals surface area contributed by atoms with Crippen molar-refractivity contribution in [2.45, 2.75) is 37.1 Å². The van der Waals surface area contributed by atoms with Crippen LogP contribution >= 0.6 is 15.9 Å². The van der Waals surface area contributed by atoms with Crippen molar-refractivity contribution >= 4 is 26.0 Å². The molecular weight excluding hydrogens is 328 g/mol. The molecule has 1 aliphatic rings. The first kappa shape index (κ1) is 15.0. The second kappa shape index (κ2) is 5.91. The molecule has 4 nitrogen and oxygen atoms in total. The second-order valence-electron chi connectivity index (χ2n) is 5.06. The number of nitrogens with two attached hydrogens (primary N) is 1. The van der Waals surface area contributed by atoms with E-state index in [2.05, 4.69) is 20.7 Å². The lowest BCUT2D eigenvalue weighted by atomic mass is 10.1. The van der Waals surface area contributed by atoms with Gasteiger partial charge in [-0.05, 0) is 49.9 Å². The van der Waals surface area contributed by atoms with Crippen molar-refractivity contribution in [1.29, 1.82) is 0 Å². The highest BCUT2D eigenvalue weighted by Crippen LogP contribution is 2.27. The Balaban J connectivity index is 2.25. The normalized spacial score (nSPS) is 23.7. The zero-order valence-electron chi connectivity index (χ0n) is 10.9. The summed E-state index contributed by atoms with van der Waals surface area (Å²) in [7, 11) is -3.48. The smallest absolute Gasteiger partial charge is 0.241 e. The van der Waals surface area contributed by atoms with Crippen molar-refractivity contribution in [3.05, 3.63) is 28.2 Å². The first-order valence-corrected chi connectivity index (χ1v) is 8.70. The SMILES string of the molecule is Cc1ccc(Br)cc1S(=O)(=O)NC1CCCC1CN. The number of aryl methyl sites for hydroxylation is 1. The molecule has 0 amide bonds. The summed E-state index contributed by atoms with van der Waals surface area (Å²) in [5.74, 6) is 0.252. The molecule has 2 unspecified atom stereocenters. The number of sulfonamides is 1. The second-order valence-corrected chi connectivity index (χ2v) is 7.66. The molecule has 1 aliphatic carbocycles. The van der Waals surface area contributed by atoms with Crippen molar-refractivity contribution < 1.29 is 8.42 Å². The van der Waals surface area contributed by atoms with Crippen LogP contribution in [0.3, 0.4) is 0 Å². The fraction of sp³-hybridized carbons (Fsp3) is 0.538. The lowest BCUT2D eigenvalue weighted by Gasteiger charge is -2.20. The summed E-state index contributed by atoms with van der Waals surface area (Å²) in [6.45, 7) is 2.33. The Kier molecular flexibility index (Phi) is 4.66. The van der Waals surface area contributed by atoms with E-state index in [0.29, 0.717) is 11.4 Å². The number of halogens is 1. The third-order valence-corrected chi connectivity index (χ3v) is 5.83. The Morgan fingerprint density at radius 2 is 2.16 bits per heavy atom. The minimum Gasteiger partial charge on any atom is -0.330 e. The van der Waals surface area contributed by atoms with Crippen molar-refractivity contribution in [2.24, 2.45) is 11.7 Å². The van der Waals surface area contributed by atoms with Gasteiger partial charge in [0.05, 0.1) is 4.90 Å². The molecule has 2 atom stereocenters. The van der Waals surface area contributed by atoms with Gasteiger partial charge in [0.1, 0.15) is 0 Å². The molecule has 0 aliphatic heterocycles. The van der Waals surface area contributed by atoms with Crippen LogP contribution in [0.4, 0.5) is 0 Å². The van der Waals surface area contributed by atoms with E-state index in [1.807, 2.05) is 6.07 Å². The number of nitrogens with one attached hydrogen (secondary N) is 1. The van der Waals surface area contributed by atoms with Crippen LogP contribution < -0.4 is 10.5 Å². The van der Waals surface area contributed by atoms with Crippen LogP contribution in [0.25, 0.3) is 0 Å². The zero-order valence-corrected chi connectivity index (χ0v) is 13.3. The van der Waals surface area contributed by atoms with Gasteiger partial charge in [0, 0.05) is 10.5 Å². The molecule has 1 aromatic rings. The Bertz CT molecular complexity index is 560. The standard InChI is InChI=1S/C13H19BrN2O2S/c1-9-5-6-11(14)7-13(9)19(17,18)16-12-4-2-3-10(12)8-15/h5-7,10,12,16H,2-4,8,15H2,1H3. The van der Waals surface area contributed by atoms with E-state index in [1.54, 1.807) is 19.1 Å². The molecule has 0 heterocycles. The van der Waals surface area contributed by atoms with Gasteiger partial charge in [-0.3, -0.25) is 0 Å². The molecule has 3 N–H and O–H groups in total. The summed E-state index contributed by atoms with van der Waals surface area (Å²) >= 11 is 3.31. The highest BCUT2D eigenvalue weighted by molar-refractivity contribution is 9.10. The Hall–Kier alpha value is -0.430. The third kappa shape index (κ3) is 3.37. The maximum absolute atomic E-state index is 12.4. The van der Waals surface area contributed by atoms with Gasteiger partial charge in [-0.2, -0.15) is 0 Å². The zero-order chi connectivity index (χ0) is 14.0. The van der Waals surface area contributed by atoms with Gasteiger partial charge in [0.25, 0.3) is 0 Å². The minimum absolute atomic E-state index is 0.0339. The molecule has 1 aromatic carbocycles. The number of benzene rings is 1. The summed E-state index contributed by atoms with van der Waals surface area (Å²) in [5, 5.41) is 0. The van der Waals surface area contributed by atoms with Gasteiger partial charge in [-0.15, -0.1) is 0 Å². The van der Waals surface area contributed by atoms with Gasteiger partial charge < -0.3 is 5.73 Å². The van der Waals surface area contributed by atoms with Gasteiger partial charge >= 0.3 is 0 Å². The highest BCUT2D eigenvalue weighted by Gasteiger charge is 2.30. The van der Waals surface area contributed by atoms with Crippen LogP contribution in [-0.2, 0) is 10.0 Å². The Labute approximate surface area is 122 Å². The topological polar surface area (TPSA) is 72.2 Å². The number of hydrogen-bond donors (Lipinski definition) is 2. The third-order valence-electron chi connectivity index (χ3n) is 3.71. The lowest BCUT2D eigenvalue weighted by Crippen LogP contribution is -2.40. The minimum atomic E-state index is -3.48. The Morgan fingerprint density at radius 3 is 2.84 bits per heavy atom. The molecule has 0 radical (unpaired) electrons. The molecule has 19 heavy (non-hydrogen) atoms. The van der Waals surface area contributed by atoms with E-state index in [9.17, 15) is 8.42 Å². The molecule has 106 valence electrons. The van der Waals surface area contributed by atoms with Crippen molar-refractivity contribution in [3.8, 4) is 0 Å². The molecule has 2 rings (SSSR count). The largest absolute Gasteiger partial charge is 0.330 e. The molecule has 0 aromatic heterocycles. The number of rotatable bonds is 4. The van der Waals surface area contributed by atoms with E-state index >= 15 is 0 Å². The molecule has 1 saturated carbocycles. The highest BCUT2D eigenvalue weighted by atomic mass is 79.9. The van der Waals surface area contributed by atoms with Crippen LogP contribution in [0.1, 0.15) is 24.8 Å². The lowest BCUT2D eigenvalue weighted by molar-refractivity contribution is 0.452. The van der Waals surface area contributed by atoms with Crippen molar-refractivity contribution in [3.63, 3.8) is 0 Å². The summed E-state index contributed by atoms with van der Waals surface area (Å²) in [6, 6.07) is 5.25. The van der Waals surface area contributed by atoms with Crippen LogP contribution in [0.2, 0.25) is 0 Å². The molecule has 0 spiro atoms. The summed E-state index contributed by atoms with van der Waals surface area (Å²) < 4.78 is 28.5. The predicted octanol–water partition coefficient (Wildman–Crippen LogP) is 2.16. The first-order valence-electron chi connectivity index (χ1n) is 6.42. The van der Waals surface area contributed by atoms with E-state index in [-0.39, 0.29) is 12.0 Å². The van der Waals surface area contributed by atoms with Crippen LogP contribution in [0.15, 0.2) is 27.6 Å². The quantitative estimate of drug-likeness (QED) is 0.877. The van der Waals surface area contributed by atoms with Gasteiger partial charge in [0.2, 0.25) is 10.0 Å². The molecule has 0 bridgehead atoms. The molecule has 1 fully saturated rings. The fourth-order valence-electron chi connectivity index (χ4n) is 2.60. The summed E-state index contributed by atoms with van der Waals surface area (Å²) in [6.07, 6.45) is 2.90. The number of hydrogen-bond acceptors (Lipinski definition) is 3. The van der Waals surface area contributed by atoms with E-state index in [0.717, 1.165) is 29.3 Å². The van der Waals surface area contributed by atoms with Gasteiger partial charge in [0.15, 0.2) is 0 Å². The maximum Gasteiger partial charge on any atom is 0.241 e. The van der Waals surface area contributed by atoms with E-state index < -0.39 is 10.0 Å². The average Bonchev–Trinajstić information content (AvgIpc) is 2.78. The molecule has 6 heteroatoms.